The van der Waals surface area contributed by atoms with Gasteiger partial charge in [0.25, 0.3) is 0 Å². The average molecular weight is 92.0 g/mol. The number of carbonyl (C=O) groups is 1. The number of hydrogen-bond donors (Lipinski definition) is 0. The first kappa shape index (κ1) is 15.9. The third-order valence-electron chi connectivity index (χ3n) is 0. The van der Waals surface area contributed by atoms with E-state index in [1.165, 1.54) is 6.92 Å². The molecule has 0 N–H and O–H groups in total. The zero-order chi connectivity index (χ0) is 2.71. The Morgan fingerprint density at radius 3 is 1.60 bits per heavy atom. The van der Waals surface area contributed by atoms with E-state index in [9.17, 15) is 0 Å². The Kier molecular flexibility index (Phi) is 55.2. The molecule has 0 radical (unpaired) electrons. The van der Waals surface area contributed by atoms with Gasteiger partial charge < -0.3 is 7.65 Å². The predicted octanol–water partition coefficient (Wildman–Crippen LogP) is -5.56. The van der Waals surface area contributed by atoms with Crippen molar-refractivity contribution in [2.24, 2.45) is 0 Å². The normalized spacial score (nSPS) is 2.60. The minimum atomic E-state index is 0. The van der Waals surface area contributed by atoms with Crippen molar-refractivity contribution in [3.63, 3.8) is 0 Å². The van der Waals surface area contributed by atoms with Crippen LogP contribution in [0, 0.1) is 0 Å². The quantitative estimate of drug-likeness (QED) is 0.215. The number of carbonyl (C=O) groups excluding carboxylic acids is 1. The average Bonchev–Trinajstić information content (AvgIpc) is 0.918. The molecule has 0 aliphatic heterocycles. The standard InChI is InChI=1S/C2H4O.2Na.2H/c1-2-3;;;;/h2H,1H3;;;;/q;2*+1;2*-1. The van der Waals surface area contributed by atoms with Crippen molar-refractivity contribution in [1.29, 1.82) is 0 Å². The second-order valence-corrected chi connectivity index (χ2v) is 0.236. The molecule has 0 saturated heterocycles. The third kappa shape index (κ3) is 27.4. The Morgan fingerprint density at radius 1 is 1.60 bits per heavy atom. The first-order chi connectivity index (χ1) is 1.41. The van der Waals surface area contributed by atoms with E-state index in [4.69, 9.17) is 4.79 Å². The van der Waals surface area contributed by atoms with Gasteiger partial charge in [0, 0.05) is 0 Å². The van der Waals surface area contributed by atoms with E-state index in [0.717, 1.165) is 6.29 Å². The van der Waals surface area contributed by atoms with Crippen LogP contribution in [0.3, 0.4) is 0 Å². The van der Waals surface area contributed by atoms with Gasteiger partial charge in [0.2, 0.25) is 0 Å². The number of hydrogen-bond acceptors (Lipinski definition) is 1. The van der Waals surface area contributed by atoms with Crippen LogP contribution in [0.15, 0.2) is 0 Å². The number of aldehydes is 1. The fourth-order valence-corrected chi connectivity index (χ4v) is 0. The van der Waals surface area contributed by atoms with Gasteiger partial charge in [-0.3, -0.25) is 0 Å². The maximum atomic E-state index is 8.81. The zero-order valence-electron chi connectivity index (χ0n) is 5.99. The summed E-state index contributed by atoms with van der Waals surface area (Å²) >= 11 is 0. The van der Waals surface area contributed by atoms with Gasteiger partial charge in [-0.2, -0.15) is 0 Å². The SMILES string of the molecule is CC=O.[H-].[H-].[Na+].[Na+]. The van der Waals surface area contributed by atoms with Crippen molar-refractivity contribution in [3.8, 4) is 0 Å². The molecule has 0 atom stereocenters. The van der Waals surface area contributed by atoms with Crippen LogP contribution in [-0.2, 0) is 4.79 Å². The number of rotatable bonds is 0. The molecule has 22 valence electrons. The van der Waals surface area contributed by atoms with E-state index in [0.29, 0.717) is 0 Å². The molecule has 5 heavy (non-hydrogen) atoms. The first-order valence-corrected chi connectivity index (χ1v) is 0.813. The molecule has 0 heterocycles. The van der Waals surface area contributed by atoms with Crippen LogP contribution < -0.4 is 59.1 Å². The van der Waals surface area contributed by atoms with Crippen molar-refractivity contribution in [2.75, 3.05) is 0 Å². The molecule has 0 fully saturated rings. The van der Waals surface area contributed by atoms with Crippen molar-refractivity contribution < 1.29 is 66.8 Å². The van der Waals surface area contributed by atoms with Crippen molar-refractivity contribution in [1.82, 2.24) is 0 Å². The molecule has 0 amide bonds. The van der Waals surface area contributed by atoms with Gasteiger partial charge in [-0.15, -0.1) is 0 Å². The van der Waals surface area contributed by atoms with E-state index < -0.39 is 0 Å². The Bertz CT molecular complexity index is 21.2. The molecular weight excluding hydrogens is 86.0 g/mol. The second kappa shape index (κ2) is 17.3. The van der Waals surface area contributed by atoms with Crippen molar-refractivity contribution in [2.45, 2.75) is 6.92 Å². The summed E-state index contributed by atoms with van der Waals surface area (Å²) in [4.78, 5) is 8.81. The van der Waals surface area contributed by atoms with Gasteiger partial charge >= 0.3 is 59.1 Å². The molecule has 0 aromatic rings. The molecule has 0 aliphatic carbocycles. The molecule has 0 unspecified atom stereocenters. The summed E-state index contributed by atoms with van der Waals surface area (Å²) < 4.78 is 0. The molecule has 0 spiro atoms. The second-order valence-electron chi connectivity index (χ2n) is 0.236. The summed E-state index contributed by atoms with van der Waals surface area (Å²) in [6, 6.07) is 0. The van der Waals surface area contributed by atoms with Crippen molar-refractivity contribution >= 4 is 6.29 Å². The van der Waals surface area contributed by atoms with Crippen LogP contribution >= 0.6 is 0 Å². The Morgan fingerprint density at radius 2 is 1.60 bits per heavy atom. The Hall–Kier alpha value is 1.67. The fourth-order valence-electron chi connectivity index (χ4n) is 0. The van der Waals surface area contributed by atoms with Crippen LogP contribution in [0.1, 0.15) is 9.78 Å². The first-order valence-electron chi connectivity index (χ1n) is 0.813. The van der Waals surface area contributed by atoms with Crippen LogP contribution in [-0.4, -0.2) is 6.29 Å². The minimum Gasteiger partial charge on any atom is -1.00 e. The van der Waals surface area contributed by atoms with E-state index >= 15 is 0 Å². The van der Waals surface area contributed by atoms with Gasteiger partial charge in [-0.25, -0.2) is 0 Å². The van der Waals surface area contributed by atoms with Crippen LogP contribution in [0.25, 0.3) is 0 Å². The molecule has 0 aliphatic rings. The van der Waals surface area contributed by atoms with Gasteiger partial charge in [-0.05, 0) is 6.92 Å². The Labute approximate surface area is 79.1 Å². The van der Waals surface area contributed by atoms with Crippen molar-refractivity contribution in [3.05, 3.63) is 0 Å². The summed E-state index contributed by atoms with van der Waals surface area (Å²) in [5, 5.41) is 0. The molecule has 0 aromatic heterocycles. The van der Waals surface area contributed by atoms with Gasteiger partial charge in [0.15, 0.2) is 0 Å². The zero-order valence-corrected chi connectivity index (χ0v) is 7.99. The van der Waals surface area contributed by atoms with Gasteiger partial charge in [-0.1, -0.05) is 0 Å². The topological polar surface area (TPSA) is 17.1 Å². The fraction of sp³-hybridized carbons (Fsp3) is 0.500. The molecule has 0 rings (SSSR count). The predicted molar refractivity (Wildman–Crippen MR) is 14.0 cm³/mol. The maximum Gasteiger partial charge on any atom is 1.00 e. The molecule has 3 heteroatoms. The molecule has 0 saturated carbocycles. The Balaban J connectivity index is -0.00000000333. The van der Waals surface area contributed by atoms with Crippen LogP contribution in [0.2, 0.25) is 0 Å². The molecule has 1 nitrogen and oxygen atoms in total. The summed E-state index contributed by atoms with van der Waals surface area (Å²) in [6.07, 6.45) is 0.750. The largest absolute Gasteiger partial charge is 1.00 e. The maximum absolute atomic E-state index is 8.81. The summed E-state index contributed by atoms with van der Waals surface area (Å²) in [7, 11) is 0. The van der Waals surface area contributed by atoms with Gasteiger partial charge in [0.05, 0.1) is 0 Å². The van der Waals surface area contributed by atoms with E-state index in [1.54, 1.807) is 0 Å². The monoisotopic (exact) mass is 92.0 g/mol. The van der Waals surface area contributed by atoms with Crippen LogP contribution in [0.4, 0.5) is 0 Å². The van der Waals surface area contributed by atoms with E-state index in [2.05, 4.69) is 0 Å². The van der Waals surface area contributed by atoms with Crippen LogP contribution in [0.5, 0.6) is 0 Å². The smallest absolute Gasteiger partial charge is 1.00 e. The minimum absolute atomic E-state index is 0. The molecule has 0 aromatic carbocycles. The summed E-state index contributed by atoms with van der Waals surface area (Å²) in [5.74, 6) is 0. The summed E-state index contributed by atoms with van der Waals surface area (Å²) in [5.41, 5.74) is 0. The molecule has 0 bridgehead atoms. The van der Waals surface area contributed by atoms with E-state index in [1.807, 2.05) is 0 Å². The third-order valence-corrected chi connectivity index (χ3v) is 0. The summed E-state index contributed by atoms with van der Waals surface area (Å²) in [6.45, 7) is 1.44. The van der Waals surface area contributed by atoms with Gasteiger partial charge in [0.1, 0.15) is 6.29 Å². The molecular formula is C2H6Na2O. The van der Waals surface area contributed by atoms with E-state index in [-0.39, 0.29) is 62.0 Å².